The van der Waals surface area contributed by atoms with Crippen LogP contribution in [0.2, 0.25) is 0 Å². The second-order valence-electron chi connectivity index (χ2n) is 28.2. The summed E-state index contributed by atoms with van der Waals surface area (Å²) in [6.45, 7) is 7.25. The maximum absolute atomic E-state index is 13.1. The summed E-state index contributed by atoms with van der Waals surface area (Å²) in [7, 11) is -9.91. The molecule has 17 nitrogen and oxygen atoms in total. The largest absolute Gasteiger partial charge is 0.472 e. The smallest absolute Gasteiger partial charge is 0.462 e. The van der Waals surface area contributed by atoms with Gasteiger partial charge >= 0.3 is 39.5 Å². The number of unbranched alkanes of at least 4 members (excludes halogenated alkanes) is 49. The molecule has 0 saturated carbocycles. The van der Waals surface area contributed by atoms with Crippen molar-refractivity contribution in [2.45, 2.75) is 425 Å². The second kappa shape index (κ2) is 70.1. The van der Waals surface area contributed by atoms with Gasteiger partial charge in [0.25, 0.3) is 0 Å². The first-order chi connectivity index (χ1) is 46.5. The number of hydrogen-bond donors (Lipinski definition) is 3. The number of hydrogen-bond acceptors (Lipinski definition) is 15. The molecule has 0 bridgehead atoms. The van der Waals surface area contributed by atoms with Gasteiger partial charge in [-0.05, 0) is 31.6 Å². The summed E-state index contributed by atoms with van der Waals surface area (Å²) in [5, 5.41) is 10.6. The van der Waals surface area contributed by atoms with Crippen LogP contribution in [0.5, 0.6) is 0 Å². The van der Waals surface area contributed by atoms with Gasteiger partial charge in [-0.3, -0.25) is 37.3 Å². The number of ether oxygens (including phenoxy) is 4. The zero-order chi connectivity index (χ0) is 70.5. The average molecular weight is 1410 g/mol. The maximum Gasteiger partial charge on any atom is 0.472 e. The Morgan fingerprint density at radius 3 is 0.708 bits per heavy atom. The Labute approximate surface area is 588 Å². The van der Waals surface area contributed by atoms with E-state index in [9.17, 15) is 43.2 Å². The maximum atomic E-state index is 13.1. The summed E-state index contributed by atoms with van der Waals surface area (Å²) >= 11 is 0. The molecule has 0 aliphatic heterocycles. The lowest BCUT2D eigenvalue weighted by molar-refractivity contribution is -0.161. The number of aliphatic hydroxyl groups is 1. The predicted molar refractivity (Wildman–Crippen MR) is 391 cm³/mol. The van der Waals surface area contributed by atoms with Crippen LogP contribution < -0.4 is 0 Å². The zero-order valence-electron chi connectivity index (χ0n) is 62.5. The van der Waals surface area contributed by atoms with Gasteiger partial charge in [-0.25, -0.2) is 9.13 Å². The number of rotatable bonds is 77. The lowest BCUT2D eigenvalue weighted by Gasteiger charge is -2.21. The van der Waals surface area contributed by atoms with Gasteiger partial charge in [0.2, 0.25) is 0 Å². The van der Waals surface area contributed by atoms with Gasteiger partial charge in [0.1, 0.15) is 19.3 Å². The molecule has 0 aromatic rings. The molecule has 0 fully saturated rings. The van der Waals surface area contributed by atoms with Crippen LogP contribution in [-0.2, 0) is 65.4 Å². The first-order valence-corrected chi connectivity index (χ1v) is 43.1. The SMILES string of the molecule is CCCCCCCCCCCCCCCCCCCCCC(=O)O[C@H](COC(=O)CCCCCCCCCCCCCCCCCCC)COP(=O)(O)OC[C@@H](O)COP(=O)(O)OC[C@@H](COC(=O)CCCCCCCCCC)OC(=O)CCCCCCCCCCCC(C)C. The van der Waals surface area contributed by atoms with Crippen molar-refractivity contribution in [3.8, 4) is 0 Å². The van der Waals surface area contributed by atoms with Crippen molar-refractivity contribution in [1.29, 1.82) is 0 Å². The zero-order valence-corrected chi connectivity index (χ0v) is 64.3. The van der Waals surface area contributed by atoms with E-state index >= 15 is 0 Å². The average Bonchev–Trinajstić information content (AvgIpc) is 1.22. The minimum Gasteiger partial charge on any atom is -0.462 e. The van der Waals surface area contributed by atoms with E-state index in [1.54, 1.807) is 0 Å². The lowest BCUT2D eigenvalue weighted by Crippen LogP contribution is -2.30. The summed E-state index contributed by atoms with van der Waals surface area (Å²) < 4.78 is 68.5. The molecule has 0 aliphatic carbocycles. The highest BCUT2D eigenvalue weighted by molar-refractivity contribution is 7.47. The monoisotopic (exact) mass is 1410 g/mol. The molecular weight excluding hydrogens is 1260 g/mol. The van der Waals surface area contributed by atoms with Crippen molar-refractivity contribution in [2.75, 3.05) is 39.6 Å². The summed E-state index contributed by atoms with van der Waals surface area (Å²) in [5.41, 5.74) is 0. The van der Waals surface area contributed by atoms with Crippen molar-refractivity contribution in [1.82, 2.24) is 0 Å². The molecule has 19 heteroatoms. The van der Waals surface area contributed by atoms with Crippen LogP contribution in [0, 0.1) is 5.92 Å². The predicted octanol–water partition coefficient (Wildman–Crippen LogP) is 22.9. The first kappa shape index (κ1) is 94.1. The molecule has 3 N–H and O–H groups in total. The van der Waals surface area contributed by atoms with Crippen LogP contribution >= 0.6 is 15.6 Å². The number of carbonyl (C=O) groups is 4. The fraction of sp³-hybridized carbons (Fsp3) is 0.948. The molecule has 0 rings (SSSR count). The Morgan fingerprint density at radius 2 is 0.479 bits per heavy atom. The van der Waals surface area contributed by atoms with Crippen LogP contribution in [0.25, 0.3) is 0 Å². The number of phosphoric ester groups is 2. The van der Waals surface area contributed by atoms with Crippen molar-refractivity contribution < 1.29 is 80.2 Å². The first-order valence-electron chi connectivity index (χ1n) is 40.1. The second-order valence-corrected chi connectivity index (χ2v) is 31.1. The topological polar surface area (TPSA) is 237 Å². The molecule has 0 heterocycles. The molecule has 2 unspecified atom stereocenters. The molecule has 570 valence electrons. The number of carbonyl (C=O) groups excluding carboxylic acids is 4. The molecule has 0 spiro atoms. The van der Waals surface area contributed by atoms with Crippen molar-refractivity contribution in [3.05, 3.63) is 0 Å². The van der Waals surface area contributed by atoms with Gasteiger partial charge in [0, 0.05) is 25.7 Å². The van der Waals surface area contributed by atoms with Gasteiger partial charge in [0.05, 0.1) is 26.4 Å². The van der Waals surface area contributed by atoms with E-state index in [-0.39, 0.29) is 25.7 Å². The molecule has 0 amide bonds. The quantitative estimate of drug-likeness (QED) is 0.0222. The van der Waals surface area contributed by atoms with Crippen molar-refractivity contribution >= 4 is 39.5 Å². The van der Waals surface area contributed by atoms with Gasteiger partial charge in [-0.2, -0.15) is 0 Å². The Bertz CT molecular complexity index is 1840. The standard InChI is InChI=1S/C77H150O17P2/c1-6-9-12-15-18-21-23-25-27-29-30-32-34-36-38-42-47-52-57-62-76(81)93-73(67-88-75(80)61-56-51-46-41-37-35-33-31-28-26-24-22-19-16-13-10-7-2)69-92-96(85,86)90-65-71(78)64-89-95(83,84)91-68-72(66-87-74(79)60-55-50-45-20-17-14-11-8-3)94-77(82)63-58-53-48-43-39-40-44-49-54-59-70(4)5/h70-73,78H,6-69H2,1-5H3,(H,83,84)(H,85,86)/t71-,72+,73+/m0/s1. The Hall–Kier alpha value is -1.94. The van der Waals surface area contributed by atoms with E-state index < -0.39 is 97.5 Å². The highest BCUT2D eigenvalue weighted by Crippen LogP contribution is 2.45. The molecular formula is C77H150O17P2. The Morgan fingerprint density at radius 1 is 0.281 bits per heavy atom. The Balaban J connectivity index is 5.20. The third kappa shape index (κ3) is 70.5. The van der Waals surface area contributed by atoms with E-state index in [1.165, 1.54) is 225 Å². The fourth-order valence-corrected chi connectivity index (χ4v) is 13.5. The number of phosphoric acid groups is 2. The van der Waals surface area contributed by atoms with Gasteiger partial charge in [-0.1, -0.05) is 356 Å². The van der Waals surface area contributed by atoms with E-state index in [0.717, 1.165) is 102 Å². The van der Waals surface area contributed by atoms with Gasteiger partial charge in [0.15, 0.2) is 12.2 Å². The summed E-state index contributed by atoms with van der Waals surface area (Å²) in [6.07, 6.45) is 59.8. The molecule has 5 atom stereocenters. The lowest BCUT2D eigenvalue weighted by atomic mass is 10.0. The van der Waals surface area contributed by atoms with Crippen molar-refractivity contribution in [3.63, 3.8) is 0 Å². The van der Waals surface area contributed by atoms with Gasteiger partial charge < -0.3 is 33.8 Å². The third-order valence-corrected chi connectivity index (χ3v) is 19.9. The summed E-state index contributed by atoms with van der Waals surface area (Å²) in [5.74, 6) is -1.38. The minimum atomic E-state index is -4.96. The van der Waals surface area contributed by atoms with Crippen LogP contribution in [0.4, 0.5) is 0 Å². The van der Waals surface area contributed by atoms with Crippen LogP contribution in [0.15, 0.2) is 0 Å². The summed E-state index contributed by atoms with van der Waals surface area (Å²) in [4.78, 5) is 72.7. The van der Waals surface area contributed by atoms with E-state index in [2.05, 4.69) is 34.6 Å². The molecule has 0 radical (unpaired) electrons. The molecule has 0 saturated heterocycles. The fourth-order valence-electron chi connectivity index (χ4n) is 11.9. The Kier molecular flexibility index (Phi) is 68.7. The van der Waals surface area contributed by atoms with Crippen molar-refractivity contribution in [2.24, 2.45) is 5.92 Å². The third-order valence-electron chi connectivity index (χ3n) is 18.0. The van der Waals surface area contributed by atoms with Crippen LogP contribution in [-0.4, -0.2) is 96.7 Å². The molecule has 96 heavy (non-hydrogen) atoms. The molecule has 0 aliphatic rings. The molecule has 0 aromatic carbocycles. The van der Waals surface area contributed by atoms with E-state index in [0.29, 0.717) is 25.7 Å². The number of esters is 4. The number of aliphatic hydroxyl groups excluding tert-OH is 1. The van der Waals surface area contributed by atoms with E-state index in [1.807, 2.05) is 0 Å². The molecule has 0 aromatic heterocycles. The van der Waals surface area contributed by atoms with Crippen LogP contribution in [0.3, 0.4) is 0 Å². The van der Waals surface area contributed by atoms with E-state index in [4.69, 9.17) is 37.0 Å². The normalized spacial score (nSPS) is 13.9. The van der Waals surface area contributed by atoms with Gasteiger partial charge in [-0.15, -0.1) is 0 Å². The summed E-state index contributed by atoms with van der Waals surface area (Å²) in [6, 6.07) is 0. The van der Waals surface area contributed by atoms with Crippen LogP contribution in [0.1, 0.15) is 407 Å². The highest BCUT2D eigenvalue weighted by Gasteiger charge is 2.30. The highest BCUT2D eigenvalue weighted by atomic mass is 31.2. The minimum absolute atomic E-state index is 0.106.